The summed E-state index contributed by atoms with van der Waals surface area (Å²) in [5, 5.41) is 3.81. The molecule has 0 aliphatic carbocycles. The summed E-state index contributed by atoms with van der Waals surface area (Å²) in [7, 11) is 0. The number of hydrogen-bond donors (Lipinski definition) is 1. The zero-order valence-corrected chi connectivity index (χ0v) is 16.5. The largest absolute Gasteiger partial charge is 0.356 e. The first-order valence-corrected chi connectivity index (χ1v) is 10.1. The molecule has 1 saturated heterocycles. The van der Waals surface area contributed by atoms with E-state index in [2.05, 4.69) is 33.2 Å². The molecule has 1 atom stereocenters. The number of piperidine rings is 1. The van der Waals surface area contributed by atoms with Crippen LogP contribution < -0.4 is 10.2 Å². The highest BCUT2D eigenvalue weighted by molar-refractivity contribution is 7.99. The van der Waals surface area contributed by atoms with Gasteiger partial charge < -0.3 is 10.2 Å². The number of anilines is 2. The quantitative estimate of drug-likeness (QED) is 0.635. The normalized spacial score (nSPS) is 17.2. The maximum Gasteiger partial charge on any atom is 0.234 e. The number of aromatic nitrogens is 2. The molecule has 26 heavy (non-hydrogen) atoms. The van der Waals surface area contributed by atoms with Crippen LogP contribution in [0.4, 0.5) is 11.5 Å². The second kappa shape index (κ2) is 8.54. The number of carbonyl (C=O) groups excluding carboxylic acids is 1. The topological polar surface area (TPSA) is 58.1 Å². The van der Waals surface area contributed by atoms with Gasteiger partial charge >= 0.3 is 0 Å². The van der Waals surface area contributed by atoms with Gasteiger partial charge in [-0.05, 0) is 44.2 Å². The van der Waals surface area contributed by atoms with Gasteiger partial charge in [-0.1, -0.05) is 36.4 Å². The molecule has 2 heterocycles. The Hall–Kier alpha value is -2.08. The molecule has 1 aliphatic rings. The van der Waals surface area contributed by atoms with Crippen LogP contribution in [-0.2, 0) is 4.79 Å². The number of amides is 1. The molecule has 6 heteroatoms. The van der Waals surface area contributed by atoms with Gasteiger partial charge in [0.05, 0.1) is 5.75 Å². The third-order valence-electron chi connectivity index (χ3n) is 4.62. The van der Waals surface area contributed by atoms with Crippen LogP contribution in [0.25, 0.3) is 0 Å². The van der Waals surface area contributed by atoms with E-state index < -0.39 is 0 Å². The van der Waals surface area contributed by atoms with Crippen molar-refractivity contribution in [3.63, 3.8) is 0 Å². The fourth-order valence-corrected chi connectivity index (χ4v) is 3.92. The molecule has 5 nitrogen and oxygen atoms in total. The van der Waals surface area contributed by atoms with Gasteiger partial charge in [-0.3, -0.25) is 4.79 Å². The average Bonchev–Trinajstić information content (AvgIpc) is 2.63. The Bertz CT molecular complexity index is 780. The highest BCUT2D eigenvalue weighted by Crippen LogP contribution is 2.24. The van der Waals surface area contributed by atoms with E-state index in [4.69, 9.17) is 0 Å². The molecular formula is C20H26N4OS. The molecule has 0 radical (unpaired) electrons. The molecule has 1 unspecified atom stereocenters. The standard InChI is InChI=1S/C20H26N4OS/c1-14-6-7-17(16(3)9-14)23-19(25)12-26-20-10-18(21-13-22-20)24-8-4-5-15(2)11-24/h6-7,9-10,13,15H,4-5,8,11-12H2,1-3H3,(H,23,25). The summed E-state index contributed by atoms with van der Waals surface area (Å²) in [5.41, 5.74) is 3.13. The molecule has 138 valence electrons. The van der Waals surface area contributed by atoms with Crippen LogP contribution in [0.15, 0.2) is 35.6 Å². The number of rotatable bonds is 5. The molecule has 0 spiro atoms. The fourth-order valence-electron chi connectivity index (χ4n) is 3.26. The van der Waals surface area contributed by atoms with Crippen molar-refractivity contribution >= 4 is 29.2 Å². The third-order valence-corrected chi connectivity index (χ3v) is 5.54. The van der Waals surface area contributed by atoms with Crippen molar-refractivity contribution in [1.82, 2.24) is 9.97 Å². The molecule has 3 rings (SSSR count). The van der Waals surface area contributed by atoms with Gasteiger partial charge in [0, 0.05) is 24.8 Å². The van der Waals surface area contributed by atoms with Crippen molar-refractivity contribution < 1.29 is 4.79 Å². The molecule has 1 fully saturated rings. The van der Waals surface area contributed by atoms with E-state index in [0.717, 1.165) is 35.2 Å². The first kappa shape index (κ1) is 18.7. The molecule has 1 amide bonds. The molecule has 0 saturated carbocycles. The van der Waals surface area contributed by atoms with Crippen molar-refractivity contribution in [2.24, 2.45) is 5.92 Å². The van der Waals surface area contributed by atoms with Crippen molar-refractivity contribution in [2.45, 2.75) is 38.6 Å². The van der Waals surface area contributed by atoms with Gasteiger partial charge in [0.1, 0.15) is 17.2 Å². The number of aryl methyl sites for hydroxylation is 2. The van der Waals surface area contributed by atoms with Crippen LogP contribution in [-0.4, -0.2) is 34.7 Å². The van der Waals surface area contributed by atoms with Crippen molar-refractivity contribution in [1.29, 1.82) is 0 Å². The van der Waals surface area contributed by atoms with Gasteiger partial charge in [-0.15, -0.1) is 0 Å². The zero-order chi connectivity index (χ0) is 18.5. The highest BCUT2D eigenvalue weighted by Gasteiger charge is 2.18. The molecule has 1 aliphatic heterocycles. The van der Waals surface area contributed by atoms with Crippen molar-refractivity contribution in [3.05, 3.63) is 41.7 Å². The third kappa shape index (κ3) is 4.97. The van der Waals surface area contributed by atoms with E-state index in [1.54, 1.807) is 6.33 Å². The summed E-state index contributed by atoms with van der Waals surface area (Å²) >= 11 is 1.45. The SMILES string of the molecule is Cc1ccc(NC(=O)CSc2cc(N3CCCC(C)C3)ncn2)c(C)c1. The Morgan fingerprint density at radius 2 is 2.15 bits per heavy atom. The minimum absolute atomic E-state index is 0.0197. The van der Waals surface area contributed by atoms with E-state index in [9.17, 15) is 4.79 Å². The molecule has 1 aromatic heterocycles. The van der Waals surface area contributed by atoms with Gasteiger partial charge in [-0.25, -0.2) is 9.97 Å². The Labute approximate surface area is 159 Å². The number of nitrogens with one attached hydrogen (secondary N) is 1. The number of hydrogen-bond acceptors (Lipinski definition) is 5. The van der Waals surface area contributed by atoms with E-state index in [1.807, 2.05) is 32.0 Å². The van der Waals surface area contributed by atoms with E-state index >= 15 is 0 Å². The number of carbonyl (C=O) groups is 1. The average molecular weight is 371 g/mol. The van der Waals surface area contributed by atoms with Crippen molar-refractivity contribution in [2.75, 3.05) is 29.1 Å². The predicted octanol–water partition coefficient (Wildman–Crippen LogP) is 4.06. The lowest BCUT2D eigenvalue weighted by atomic mass is 10.0. The van der Waals surface area contributed by atoms with E-state index in [1.165, 1.54) is 30.2 Å². The molecule has 1 N–H and O–H groups in total. The second-order valence-corrected chi connectivity index (χ2v) is 8.06. The molecule has 1 aromatic carbocycles. The van der Waals surface area contributed by atoms with Crippen LogP contribution in [0, 0.1) is 19.8 Å². The summed E-state index contributed by atoms with van der Waals surface area (Å²) in [4.78, 5) is 23.3. The van der Waals surface area contributed by atoms with Crippen molar-refractivity contribution in [3.8, 4) is 0 Å². The minimum atomic E-state index is -0.0197. The molecular weight excluding hydrogens is 344 g/mol. The second-order valence-electron chi connectivity index (χ2n) is 7.06. The monoisotopic (exact) mass is 370 g/mol. The number of nitrogens with zero attached hydrogens (tertiary/aromatic N) is 3. The lowest BCUT2D eigenvalue weighted by Crippen LogP contribution is -2.34. The Morgan fingerprint density at radius 3 is 2.92 bits per heavy atom. The number of thioether (sulfide) groups is 1. The Balaban J connectivity index is 1.57. The molecule has 0 bridgehead atoms. The van der Waals surface area contributed by atoms with Crippen LogP contribution in [0.2, 0.25) is 0 Å². The lowest BCUT2D eigenvalue weighted by molar-refractivity contribution is -0.113. The molecule has 2 aromatic rings. The van der Waals surface area contributed by atoms with Crippen LogP contribution in [0.5, 0.6) is 0 Å². The summed E-state index contributed by atoms with van der Waals surface area (Å²) in [6.45, 7) is 8.41. The zero-order valence-electron chi connectivity index (χ0n) is 15.7. The summed E-state index contributed by atoms with van der Waals surface area (Å²) in [6.07, 6.45) is 4.08. The minimum Gasteiger partial charge on any atom is -0.356 e. The first-order valence-electron chi connectivity index (χ1n) is 9.08. The van der Waals surface area contributed by atoms with Gasteiger partial charge in [0.15, 0.2) is 0 Å². The van der Waals surface area contributed by atoms with Gasteiger partial charge in [0.25, 0.3) is 0 Å². The van der Waals surface area contributed by atoms with Gasteiger partial charge in [0.2, 0.25) is 5.91 Å². The Kier molecular flexibility index (Phi) is 6.14. The maximum atomic E-state index is 12.3. The highest BCUT2D eigenvalue weighted by atomic mass is 32.2. The Morgan fingerprint density at radius 1 is 1.31 bits per heavy atom. The smallest absolute Gasteiger partial charge is 0.234 e. The maximum absolute atomic E-state index is 12.3. The van der Waals surface area contributed by atoms with Gasteiger partial charge in [-0.2, -0.15) is 0 Å². The van der Waals surface area contributed by atoms with Crippen LogP contribution >= 0.6 is 11.8 Å². The predicted molar refractivity (Wildman–Crippen MR) is 108 cm³/mol. The summed E-state index contributed by atoms with van der Waals surface area (Å²) < 4.78 is 0. The fraction of sp³-hybridized carbons (Fsp3) is 0.450. The van der Waals surface area contributed by atoms with Crippen LogP contribution in [0.1, 0.15) is 30.9 Å². The van der Waals surface area contributed by atoms with E-state index in [0.29, 0.717) is 11.7 Å². The first-order chi connectivity index (χ1) is 12.5. The summed E-state index contributed by atoms with van der Waals surface area (Å²) in [5.74, 6) is 1.97. The lowest BCUT2D eigenvalue weighted by Gasteiger charge is -2.31. The van der Waals surface area contributed by atoms with Crippen LogP contribution in [0.3, 0.4) is 0 Å². The summed E-state index contributed by atoms with van der Waals surface area (Å²) in [6, 6.07) is 8.02. The number of benzene rings is 1. The van der Waals surface area contributed by atoms with E-state index in [-0.39, 0.29) is 5.91 Å².